The van der Waals surface area contributed by atoms with Gasteiger partial charge in [-0.3, -0.25) is 4.79 Å². The van der Waals surface area contributed by atoms with E-state index in [9.17, 15) is 14.7 Å². The lowest BCUT2D eigenvalue weighted by Crippen LogP contribution is -2.49. The standard InChI is InChI=1S/C15H18ClNO4/c1-9-5-6-17(12(7-9)15(19)20)14(18)11-8-10(16)3-4-13(11)21-2/h3-4,8-9,12H,5-7H2,1-2H3,(H,19,20). The van der Waals surface area contributed by atoms with Crippen LogP contribution in [0.25, 0.3) is 0 Å². The van der Waals surface area contributed by atoms with Crippen LogP contribution < -0.4 is 4.74 Å². The molecule has 0 bridgehead atoms. The lowest BCUT2D eigenvalue weighted by Gasteiger charge is -2.36. The van der Waals surface area contributed by atoms with E-state index in [1.54, 1.807) is 12.1 Å². The van der Waals surface area contributed by atoms with Gasteiger partial charge in [0.05, 0.1) is 12.7 Å². The number of carbonyl (C=O) groups is 2. The van der Waals surface area contributed by atoms with Crippen LogP contribution in [0.4, 0.5) is 0 Å². The van der Waals surface area contributed by atoms with Crippen molar-refractivity contribution in [2.45, 2.75) is 25.8 Å². The fourth-order valence-electron chi connectivity index (χ4n) is 2.62. The molecule has 1 amide bonds. The number of likely N-dealkylation sites (tertiary alicyclic amines) is 1. The highest BCUT2D eigenvalue weighted by Gasteiger charge is 2.36. The Bertz CT molecular complexity index is 561. The number of hydrogen-bond acceptors (Lipinski definition) is 3. The van der Waals surface area contributed by atoms with Crippen molar-refractivity contribution in [2.24, 2.45) is 5.92 Å². The summed E-state index contributed by atoms with van der Waals surface area (Å²) in [5.74, 6) is -0.645. The number of ether oxygens (including phenoxy) is 1. The van der Waals surface area contributed by atoms with Crippen LogP contribution in [-0.2, 0) is 4.79 Å². The highest BCUT2D eigenvalue weighted by molar-refractivity contribution is 6.31. The SMILES string of the molecule is COc1ccc(Cl)cc1C(=O)N1CCC(C)CC1C(=O)O. The molecule has 2 unspecified atom stereocenters. The normalized spacial score (nSPS) is 22.0. The molecule has 2 atom stereocenters. The Morgan fingerprint density at radius 2 is 2.14 bits per heavy atom. The van der Waals surface area contributed by atoms with Gasteiger partial charge in [0.15, 0.2) is 0 Å². The van der Waals surface area contributed by atoms with Gasteiger partial charge in [-0.25, -0.2) is 4.79 Å². The van der Waals surface area contributed by atoms with Crippen LogP contribution in [0.2, 0.25) is 5.02 Å². The third-order valence-corrected chi connectivity index (χ3v) is 4.04. The summed E-state index contributed by atoms with van der Waals surface area (Å²) in [5.41, 5.74) is 0.297. The summed E-state index contributed by atoms with van der Waals surface area (Å²) in [6.45, 7) is 2.42. The summed E-state index contributed by atoms with van der Waals surface area (Å²) >= 11 is 5.94. The van der Waals surface area contributed by atoms with Gasteiger partial charge in [0.25, 0.3) is 5.91 Å². The van der Waals surface area contributed by atoms with Gasteiger partial charge in [-0.15, -0.1) is 0 Å². The molecule has 2 rings (SSSR count). The number of carboxylic acids is 1. The Hall–Kier alpha value is -1.75. The smallest absolute Gasteiger partial charge is 0.326 e. The maximum Gasteiger partial charge on any atom is 0.326 e. The molecule has 1 saturated heterocycles. The fourth-order valence-corrected chi connectivity index (χ4v) is 2.79. The predicted octanol–water partition coefficient (Wildman–Crippen LogP) is 2.67. The fraction of sp³-hybridized carbons (Fsp3) is 0.467. The maximum atomic E-state index is 12.7. The lowest BCUT2D eigenvalue weighted by molar-refractivity contribution is -0.144. The Kier molecular flexibility index (Phi) is 4.73. The van der Waals surface area contributed by atoms with E-state index >= 15 is 0 Å². The summed E-state index contributed by atoms with van der Waals surface area (Å²) in [4.78, 5) is 25.5. The van der Waals surface area contributed by atoms with Gasteiger partial charge in [-0.2, -0.15) is 0 Å². The van der Waals surface area contributed by atoms with Gasteiger partial charge in [-0.1, -0.05) is 18.5 Å². The number of rotatable bonds is 3. The Labute approximate surface area is 128 Å². The molecule has 0 saturated carbocycles. The summed E-state index contributed by atoms with van der Waals surface area (Å²) < 4.78 is 5.18. The summed E-state index contributed by atoms with van der Waals surface area (Å²) in [7, 11) is 1.47. The van der Waals surface area contributed by atoms with E-state index in [-0.39, 0.29) is 11.8 Å². The quantitative estimate of drug-likeness (QED) is 0.932. The topological polar surface area (TPSA) is 66.8 Å². The van der Waals surface area contributed by atoms with Crippen molar-refractivity contribution in [1.82, 2.24) is 4.90 Å². The zero-order chi connectivity index (χ0) is 15.6. The van der Waals surface area contributed by atoms with Gasteiger partial charge in [0, 0.05) is 11.6 Å². The predicted molar refractivity (Wildman–Crippen MR) is 78.9 cm³/mol. The van der Waals surface area contributed by atoms with Crippen molar-refractivity contribution in [1.29, 1.82) is 0 Å². The van der Waals surface area contributed by atoms with Crippen LogP contribution in [0.1, 0.15) is 30.1 Å². The van der Waals surface area contributed by atoms with E-state index in [1.807, 2.05) is 6.92 Å². The number of amides is 1. The van der Waals surface area contributed by atoms with Crippen LogP contribution in [0, 0.1) is 5.92 Å². The molecule has 1 fully saturated rings. The molecule has 5 nitrogen and oxygen atoms in total. The molecule has 1 aliphatic heterocycles. The summed E-state index contributed by atoms with van der Waals surface area (Å²) in [6.07, 6.45) is 1.25. The van der Waals surface area contributed by atoms with Crippen molar-refractivity contribution in [2.75, 3.05) is 13.7 Å². The number of methoxy groups -OCH3 is 1. The second-order valence-electron chi connectivity index (χ2n) is 5.33. The number of nitrogens with zero attached hydrogens (tertiary/aromatic N) is 1. The van der Waals surface area contributed by atoms with E-state index in [1.165, 1.54) is 18.1 Å². The van der Waals surface area contributed by atoms with E-state index < -0.39 is 12.0 Å². The molecule has 0 radical (unpaired) electrons. The number of hydrogen-bond donors (Lipinski definition) is 1. The van der Waals surface area contributed by atoms with Gasteiger partial charge in [0.2, 0.25) is 0 Å². The molecule has 114 valence electrons. The molecule has 6 heteroatoms. The highest BCUT2D eigenvalue weighted by atomic mass is 35.5. The molecule has 1 heterocycles. The number of carbonyl (C=O) groups excluding carboxylic acids is 1. The third kappa shape index (κ3) is 3.29. The highest BCUT2D eigenvalue weighted by Crippen LogP contribution is 2.29. The number of carboxylic acid groups (broad SMARTS) is 1. The van der Waals surface area contributed by atoms with Crippen LogP contribution in [0.5, 0.6) is 5.75 Å². The Balaban J connectivity index is 2.34. The molecular formula is C15H18ClNO4. The summed E-state index contributed by atoms with van der Waals surface area (Å²) in [5, 5.41) is 9.77. The minimum atomic E-state index is -0.976. The van der Waals surface area contributed by atoms with Crippen LogP contribution in [-0.4, -0.2) is 41.6 Å². The van der Waals surface area contributed by atoms with Crippen molar-refractivity contribution in [3.8, 4) is 5.75 Å². The lowest BCUT2D eigenvalue weighted by atomic mass is 9.92. The summed E-state index contributed by atoms with van der Waals surface area (Å²) in [6, 6.07) is 3.95. The van der Waals surface area contributed by atoms with E-state index in [0.717, 1.165) is 6.42 Å². The number of aliphatic carboxylic acids is 1. The van der Waals surface area contributed by atoms with Gasteiger partial charge in [-0.05, 0) is 37.0 Å². The minimum Gasteiger partial charge on any atom is -0.496 e. The number of piperidine rings is 1. The first kappa shape index (κ1) is 15.6. The molecule has 0 spiro atoms. The Morgan fingerprint density at radius 3 is 2.76 bits per heavy atom. The van der Waals surface area contributed by atoms with Crippen molar-refractivity contribution >= 4 is 23.5 Å². The van der Waals surface area contributed by atoms with Crippen molar-refractivity contribution in [3.05, 3.63) is 28.8 Å². The molecule has 1 aromatic rings. The molecule has 1 aromatic carbocycles. The molecule has 1 N–H and O–H groups in total. The minimum absolute atomic E-state index is 0.288. The van der Waals surface area contributed by atoms with E-state index in [2.05, 4.69) is 0 Å². The monoisotopic (exact) mass is 311 g/mol. The molecule has 1 aliphatic rings. The van der Waals surface area contributed by atoms with Crippen LogP contribution in [0.3, 0.4) is 0 Å². The Morgan fingerprint density at radius 1 is 1.43 bits per heavy atom. The second kappa shape index (κ2) is 6.35. The molecule has 21 heavy (non-hydrogen) atoms. The largest absolute Gasteiger partial charge is 0.496 e. The first-order valence-corrected chi connectivity index (χ1v) is 7.19. The number of halogens is 1. The second-order valence-corrected chi connectivity index (χ2v) is 5.76. The van der Waals surface area contributed by atoms with Crippen LogP contribution in [0.15, 0.2) is 18.2 Å². The average molecular weight is 312 g/mol. The van der Waals surface area contributed by atoms with E-state index in [4.69, 9.17) is 16.3 Å². The first-order chi connectivity index (χ1) is 9.93. The van der Waals surface area contributed by atoms with Gasteiger partial charge < -0.3 is 14.7 Å². The van der Waals surface area contributed by atoms with Crippen molar-refractivity contribution < 1.29 is 19.4 Å². The zero-order valence-corrected chi connectivity index (χ0v) is 12.8. The van der Waals surface area contributed by atoms with E-state index in [0.29, 0.717) is 29.3 Å². The third-order valence-electron chi connectivity index (χ3n) is 3.80. The van der Waals surface area contributed by atoms with Gasteiger partial charge >= 0.3 is 5.97 Å². The molecule has 0 aliphatic carbocycles. The molecule has 0 aromatic heterocycles. The van der Waals surface area contributed by atoms with Gasteiger partial charge in [0.1, 0.15) is 11.8 Å². The number of benzene rings is 1. The average Bonchev–Trinajstić information content (AvgIpc) is 2.46. The maximum absolute atomic E-state index is 12.7. The molecular weight excluding hydrogens is 294 g/mol. The zero-order valence-electron chi connectivity index (χ0n) is 12.0. The van der Waals surface area contributed by atoms with Crippen LogP contribution >= 0.6 is 11.6 Å². The first-order valence-electron chi connectivity index (χ1n) is 6.81. The van der Waals surface area contributed by atoms with Crippen molar-refractivity contribution in [3.63, 3.8) is 0 Å².